The Labute approximate surface area is 203 Å². The van der Waals surface area contributed by atoms with E-state index in [0.717, 1.165) is 10.1 Å². The maximum Gasteiger partial charge on any atom is 0.355 e. The molecule has 2 heterocycles. The molecule has 0 bridgehead atoms. The van der Waals surface area contributed by atoms with Gasteiger partial charge >= 0.3 is 11.4 Å². The van der Waals surface area contributed by atoms with Crippen molar-refractivity contribution in [2.75, 3.05) is 11.9 Å². The van der Waals surface area contributed by atoms with Crippen molar-refractivity contribution in [1.29, 1.82) is 0 Å². The number of ether oxygens (including phenoxy) is 1. The van der Waals surface area contributed by atoms with Gasteiger partial charge in [0.05, 0.1) is 25.8 Å². The molecule has 2 aromatic carbocycles. The smallest absolute Gasteiger partial charge is 0.355 e. The molecule has 182 valence electrons. The van der Waals surface area contributed by atoms with E-state index in [9.17, 15) is 14.7 Å². The van der Waals surface area contributed by atoms with Crippen molar-refractivity contribution in [3.8, 4) is 11.6 Å². The molecule has 0 aliphatic carbocycles. The normalized spacial score (nSPS) is 11.9. The van der Waals surface area contributed by atoms with Gasteiger partial charge in [0, 0.05) is 16.8 Å². The van der Waals surface area contributed by atoms with Crippen LogP contribution in [0.25, 0.3) is 0 Å². The third-order valence-electron chi connectivity index (χ3n) is 4.95. The number of nitrogens with one attached hydrogen (secondary N) is 1. The molecule has 0 saturated carbocycles. The molecule has 0 saturated heterocycles. The first kappa shape index (κ1) is 24.2. The first-order valence-corrected chi connectivity index (χ1v) is 10.9. The lowest BCUT2D eigenvalue weighted by Crippen LogP contribution is -2.45. The Bertz CT molecular complexity index is 1410. The van der Waals surface area contributed by atoms with Crippen LogP contribution in [0.1, 0.15) is 11.3 Å². The Balaban J connectivity index is 1.65. The number of rotatable bonds is 9. The van der Waals surface area contributed by atoms with Crippen molar-refractivity contribution in [2.24, 2.45) is 0 Å². The SMILES string of the molecule is Cc1cc(Oc2ccc(Nc3nc(=O)n(C[C@H](O)CO)c(=O)n3Cc3ccc(Cl)cc3)cc2)no1. The van der Waals surface area contributed by atoms with Gasteiger partial charge < -0.3 is 24.8 Å². The molecule has 0 amide bonds. The monoisotopic (exact) mass is 499 g/mol. The van der Waals surface area contributed by atoms with Crippen molar-refractivity contribution in [3.05, 3.63) is 91.9 Å². The quantitative estimate of drug-likeness (QED) is 0.316. The number of halogens is 1. The molecule has 3 N–H and O–H groups in total. The summed E-state index contributed by atoms with van der Waals surface area (Å²) in [5, 5.41) is 26.2. The highest BCUT2D eigenvalue weighted by molar-refractivity contribution is 6.30. The number of aliphatic hydroxyl groups excluding tert-OH is 2. The zero-order valence-corrected chi connectivity index (χ0v) is 19.3. The second-order valence-corrected chi connectivity index (χ2v) is 8.12. The molecule has 0 aliphatic heterocycles. The van der Waals surface area contributed by atoms with E-state index >= 15 is 0 Å². The Morgan fingerprint density at radius 2 is 1.83 bits per heavy atom. The highest BCUT2D eigenvalue weighted by atomic mass is 35.5. The van der Waals surface area contributed by atoms with Gasteiger partial charge in [-0.3, -0.25) is 4.57 Å². The van der Waals surface area contributed by atoms with Crippen LogP contribution in [0.15, 0.2) is 68.7 Å². The number of hydrogen-bond acceptors (Lipinski definition) is 9. The average molecular weight is 500 g/mol. The number of aliphatic hydroxyl groups is 2. The minimum Gasteiger partial charge on any atom is -0.436 e. The highest BCUT2D eigenvalue weighted by Gasteiger charge is 2.16. The average Bonchev–Trinajstić information content (AvgIpc) is 3.25. The van der Waals surface area contributed by atoms with Gasteiger partial charge in [-0.2, -0.15) is 4.98 Å². The van der Waals surface area contributed by atoms with Crippen molar-refractivity contribution in [1.82, 2.24) is 19.3 Å². The minimum atomic E-state index is -1.29. The van der Waals surface area contributed by atoms with Crippen LogP contribution < -0.4 is 21.4 Å². The molecule has 1 atom stereocenters. The van der Waals surface area contributed by atoms with E-state index in [1.54, 1.807) is 61.5 Å². The maximum atomic E-state index is 13.2. The van der Waals surface area contributed by atoms with Crippen molar-refractivity contribution < 1.29 is 19.5 Å². The zero-order chi connectivity index (χ0) is 24.9. The summed E-state index contributed by atoms with van der Waals surface area (Å²) in [5.41, 5.74) is -0.283. The number of hydrogen-bond donors (Lipinski definition) is 3. The molecule has 0 aliphatic rings. The fourth-order valence-corrected chi connectivity index (χ4v) is 3.34. The molecular formula is C23H22ClN5O6. The second-order valence-electron chi connectivity index (χ2n) is 7.69. The van der Waals surface area contributed by atoms with Crippen molar-refractivity contribution in [3.63, 3.8) is 0 Å². The molecular weight excluding hydrogens is 478 g/mol. The maximum absolute atomic E-state index is 13.2. The molecule has 12 heteroatoms. The van der Waals surface area contributed by atoms with Crippen LogP contribution in [0.2, 0.25) is 5.02 Å². The molecule has 35 heavy (non-hydrogen) atoms. The van der Waals surface area contributed by atoms with Gasteiger partial charge in [0.1, 0.15) is 11.5 Å². The van der Waals surface area contributed by atoms with E-state index in [0.29, 0.717) is 28.1 Å². The summed E-state index contributed by atoms with van der Waals surface area (Å²) in [4.78, 5) is 29.7. The lowest BCUT2D eigenvalue weighted by Gasteiger charge is -2.17. The van der Waals surface area contributed by atoms with E-state index < -0.39 is 30.6 Å². The number of anilines is 2. The number of nitrogens with zero attached hydrogens (tertiary/aromatic N) is 4. The molecule has 0 unspecified atom stereocenters. The molecule has 0 spiro atoms. The summed E-state index contributed by atoms with van der Waals surface area (Å²) in [5.74, 6) is 1.44. The predicted octanol–water partition coefficient (Wildman–Crippen LogP) is 2.29. The first-order valence-electron chi connectivity index (χ1n) is 10.6. The van der Waals surface area contributed by atoms with Crippen LogP contribution in [0.3, 0.4) is 0 Å². The molecule has 2 aromatic heterocycles. The first-order chi connectivity index (χ1) is 16.8. The number of benzene rings is 2. The number of aromatic nitrogens is 4. The van der Waals surface area contributed by atoms with Gasteiger partial charge in [0.2, 0.25) is 5.95 Å². The van der Waals surface area contributed by atoms with Crippen molar-refractivity contribution in [2.45, 2.75) is 26.1 Å². The van der Waals surface area contributed by atoms with Gasteiger partial charge in [-0.1, -0.05) is 23.7 Å². The van der Waals surface area contributed by atoms with Gasteiger partial charge in [-0.05, 0) is 54.0 Å². The third-order valence-corrected chi connectivity index (χ3v) is 5.20. The van der Waals surface area contributed by atoms with Crippen LogP contribution in [0.5, 0.6) is 11.6 Å². The van der Waals surface area contributed by atoms with Gasteiger partial charge in [0.15, 0.2) is 0 Å². The van der Waals surface area contributed by atoms with Crippen LogP contribution in [0.4, 0.5) is 11.6 Å². The Morgan fingerprint density at radius 3 is 2.46 bits per heavy atom. The van der Waals surface area contributed by atoms with Crippen LogP contribution >= 0.6 is 11.6 Å². The van der Waals surface area contributed by atoms with Gasteiger partial charge in [-0.15, -0.1) is 0 Å². The molecule has 0 fully saturated rings. The van der Waals surface area contributed by atoms with Crippen LogP contribution in [-0.2, 0) is 13.1 Å². The second kappa shape index (κ2) is 10.6. The highest BCUT2D eigenvalue weighted by Crippen LogP contribution is 2.24. The number of aryl methyl sites for hydroxylation is 1. The van der Waals surface area contributed by atoms with Crippen LogP contribution in [-0.4, -0.2) is 42.2 Å². The van der Waals surface area contributed by atoms with Crippen LogP contribution in [0, 0.1) is 6.92 Å². The van der Waals surface area contributed by atoms with E-state index in [1.807, 2.05) is 0 Å². The lowest BCUT2D eigenvalue weighted by atomic mass is 10.2. The topological polar surface area (TPSA) is 145 Å². The van der Waals surface area contributed by atoms with E-state index in [2.05, 4.69) is 15.5 Å². The Hall–Kier alpha value is -3.93. The van der Waals surface area contributed by atoms with E-state index in [1.165, 1.54) is 4.57 Å². The largest absolute Gasteiger partial charge is 0.436 e. The lowest BCUT2D eigenvalue weighted by molar-refractivity contribution is 0.0785. The summed E-state index contributed by atoms with van der Waals surface area (Å²) in [7, 11) is 0. The molecule has 4 aromatic rings. The third kappa shape index (κ3) is 5.96. The summed E-state index contributed by atoms with van der Waals surface area (Å²) < 4.78 is 12.6. The summed E-state index contributed by atoms with van der Waals surface area (Å²) in [6.07, 6.45) is -1.29. The Kier molecular flexibility index (Phi) is 7.30. The van der Waals surface area contributed by atoms with E-state index in [-0.39, 0.29) is 12.5 Å². The van der Waals surface area contributed by atoms with Crippen molar-refractivity contribution >= 4 is 23.2 Å². The summed E-state index contributed by atoms with van der Waals surface area (Å²) in [6, 6.07) is 15.2. The summed E-state index contributed by atoms with van der Waals surface area (Å²) in [6.45, 7) is 0.830. The Morgan fingerprint density at radius 1 is 1.11 bits per heavy atom. The minimum absolute atomic E-state index is 0.00508. The summed E-state index contributed by atoms with van der Waals surface area (Å²) >= 11 is 5.96. The fraction of sp³-hybridized carbons (Fsp3) is 0.217. The molecule has 0 radical (unpaired) electrons. The zero-order valence-electron chi connectivity index (χ0n) is 18.6. The van der Waals surface area contributed by atoms with Gasteiger partial charge in [0.25, 0.3) is 5.88 Å². The fourth-order valence-electron chi connectivity index (χ4n) is 3.21. The molecule has 11 nitrogen and oxygen atoms in total. The standard InChI is InChI=1S/C23H22ClN5O6/c1-14-10-20(27-35-14)34-19-8-6-17(7-9-19)25-21-26-22(32)29(12-18(31)13-30)23(33)28(21)11-15-2-4-16(24)5-3-15/h2-10,18,30-31H,11-13H2,1H3,(H,25,26,32)/t18-/m0/s1. The predicted molar refractivity (Wildman–Crippen MR) is 127 cm³/mol. The molecule has 4 rings (SSSR count). The van der Waals surface area contributed by atoms with E-state index in [4.69, 9.17) is 26.0 Å². The van der Waals surface area contributed by atoms with Gasteiger partial charge in [-0.25, -0.2) is 14.2 Å².